The molecule has 0 unspecified atom stereocenters. The van der Waals surface area contributed by atoms with Crippen LogP contribution in [0.2, 0.25) is 0 Å². The van der Waals surface area contributed by atoms with Crippen molar-refractivity contribution in [3.8, 4) is 0 Å². The molecule has 1 heterocycles. The first-order valence-electron chi connectivity index (χ1n) is 8.58. The van der Waals surface area contributed by atoms with Crippen molar-refractivity contribution in [3.05, 3.63) is 53.6 Å². The number of ether oxygens (including phenoxy) is 1. The maximum atomic E-state index is 13.1. The van der Waals surface area contributed by atoms with E-state index >= 15 is 0 Å². The van der Waals surface area contributed by atoms with E-state index in [9.17, 15) is 13.2 Å². The molecule has 0 aromatic heterocycles. The van der Waals surface area contributed by atoms with E-state index in [-0.39, 0.29) is 11.5 Å². The van der Waals surface area contributed by atoms with Gasteiger partial charge in [-0.2, -0.15) is 0 Å². The molecular weight excluding hydrogens is 352 g/mol. The van der Waals surface area contributed by atoms with Gasteiger partial charge in [0.1, 0.15) is 0 Å². The van der Waals surface area contributed by atoms with Gasteiger partial charge >= 0.3 is 6.09 Å². The quantitative estimate of drug-likeness (QED) is 0.885. The number of amides is 1. The van der Waals surface area contributed by atoms with Gasteiger partial charge in [0.25, 0.3) is 10.0 Å². The number of sulfonamides is 1. The molecule has 0 spiro atoms. The van der Waals surface area contributed by atoms with Gasteiger partial charge in [0.2, 0.25) is 0 Å². The molecule has 1 N–H and O–H groups in total. The van der Waals surface area contributed by atoms with E-state index in [4.69, 9.17) is 4.74 Å². The van der Waals surface area contributed by atoms with E-state index in [2.05, 4.69) is 5.32 Å². The highest BCUT2D eigenvalue weighted by Gasteiger charge is 2.29. The average molecular weight is 374 g/mol. The number of hydrogen-bond acceptors (Lipinski definition) is 4. The summed E-state index contributed by atoms with van der Waals surface area (Å²) >= 11 is 0. The Morgan fingerprint density at radius 2 is 1.92 bits per heavy atom. The van der Waals surface area contributed by atoms with Gasteiger partial charge in [0, 0.05) is 12.2 Å². The lowest BCUT2D eigenvalue weighted by atomic mass is 10.0. The van der Waals surface area contributed by atoms with Gasteiger partial charge in [0.15, 0.2) is 0 Å². The van der Waals surface area contributed by atoms with Crippen molar-refractivity contribution in [1.29, 1.82) is 0 Å². The fourth-order valence-corrected chi connectivity index (χ4v) is 4.52. The summed E-state index contributed by atoms with van der Waals surface area (Å²) < 4.78 is 32.5. The Morgan fingerprint density at radius 3 is 2.62 bits per heavy atom. The first-order valence-corrected chi connectivity index (χ1v) is 10.0. The van der Waals surface area contributed by atoms with Crippen molar-refractivity contribution >= 4 is 27.5 Å². The SMILES string of the molecule is CCOC(=O)Nc1ccc2c(c1)N(S(=O)(=O)c1ccc(C)cc1)CCC2. The second-order valence-electron chi connectivity index (χ2n) is 6.18. The number of carbonyl (C=O) groups excluding carboxylic acids is 1. The van der Waals surface area contributed by atoms with Crippen molar-refractivity contribution in [2.24, 2.45) is 0 Å². The maximum Gasteiger partial charge on any atom is 0.411 e. The Balaban J connectivity index is 1.96. The molecule has 0 fully saturated rings. The maximum absolute atomic E-state index is 13.1. The van der Waals surface area contributed by atoms with Crippen LogP contribution in [0.3, 0.4) is 0 Å². The normalized spacial score (nSPS) is 13.8. The van der Waals surface area contributed by atoms with Gasteiger partial charge in [-0.1, -0.05) is 23.8 Å². The van der Waals surface area contributed by atoms with E-state index in [1.54, 1.807) is 43.3 Å². The van der Waals surface area contributed by atoms with Crippen LogP contribution in [0.15, 0.2) is 47.4 Å². The van der Waals surface area contributed by atoms with Gasteiger partial charge in [-0.05, 0) is 56.5 Å². The average Bonchev–Trinajstić information content (AvgIpc) is 2.61. The van der Waals surface area contributed by atoms with Crippen LogP contribution in [0.1, 0.15) is 24.5 Å². The number of aryl methyl sites for hydroxylation is 2. The zero-order valence-electron chi connectivity index (χ0n) is 14.9. The summed E-state index contributed by atoms with van der Waals surface area (Å²) in [6.07, 6.45) is 0.994. The molecule has 0 radical (unpaired) electrons. The van der Waals surface area contributed by atoms with Gasteiger partial charge < -0.3 is 4.74 Å². The first kappa shape index (κ1) is 18.3. The molecule has 0 saturated carbocycles. The summed E-state index contributed by atoms with van der Waals surface area (Å²) in [7, 11) is -3.66. The number of carbonyl (C=O) groups is 1. The number of rotatable bonds is 4. The zero-order valence-corrected chi connectivity index (χ0v) is 15.7. The Bertz CT molecular complexity index is 908. The molecule has 0 atom stereocenters. The molecular formula is C19H22N2O4S. The van der Waals surface area contributed by atoms with Crippen LogP contribution in [0, 0.1) is 6.92 Å². The lowest BCUT2D eigenvalue weighted by Crippen LogP contribution is -2.35. The molecule has 0 bridgehead atoms. The molecule has 0 aliphatic carbocycles. The van der Waals surface area contributed by atoms with Gasteiger partial charge in [-0.25, -0.2) is 13.2 Å². The van der Waals surface area contributed by atoms with Crippen LogP contribution in [0.4, 0.5) is 16.2 Å². The Morgan fingerprint density at radius 1 is 1.19 bits per heavy atom. The van der Waals surface area contributed by atoms with Gasteiger partial charge in [-0.15, -0.1) is 0 Å². The summed E-state index contributed by atoms with van der Waals surface area (Å²) in [5.74, 6) is 0. The molecule has 2 aromatic carbocycles. The molecule has 2 aromatic rings. The van der Waals surface area contributed by atoms with Crippen molar-refractivity contribution in [1.82, 2.24) is 0 Å². The van der Waals surface area contributed by atoms with Crippen molar-refractivity contribution in [3.63, 3.8) is 0 Å². The molecule has 3 rings (SSSR count). The molecule has 26 heavy (non-hydrogen) atoms. The van der Waals surface area contributed by atoms with Crippen LogP contribution in [-0.2, 0) is 21.2 Å². The summed E-state index contributed by atoms with van der Waals surface area (Å²) in [5, 5.41) is 2.63. The summed E-state index contributed by atoms with van der Waals surface area (Å²) in [6.45, 7) is 4.32. The predicted octanol–water partition coefficient (Wildman–Crippen LogP) is 3.70. The predicted molar refractivity (Wildman–Crippen MR) is 101 cm³/mol. The second kappa shape index (κ2) is 7.37. The fourth-order valence-electron chi connectivity index (χ4n) is 2.99. The first-order chi connectivity index (χ1) is 12.4. The number of nitrogens with one attached hydrogen (secondary N) is 1. The van der Waals surface area contributed by atoms with E-state index < -0.39 is 16.1 Å². The number of hydrogen-bond donors (Lipinski definition) is 1. The van der Waals surface area contributed by atoms with E-state index in [1.165, 1.54) is 4.31 Å². The lowest BCUT2D eigenvalue weighted by molar-refractivity contribution is 0.168. The Labute approximate surface area is 153 Å². The molecule has 0 saturated heterocycles. The summed E-state index contributed by atoms with van der Waals surface area (Å²) in [4.78, 5) is 11.9. The molecule has 138 valence electrons. The van der Waals surface area contributed by atoms with E-state index in [0.29, 0.717) is 17.9 Å². The van der Waals surface area contributed by atoms with Crippen molar-refractivity contribution in [2.75, 3.05) is 22.8 Å². The largest absolute Gasteiger partial charge is 0.450 e. The van der Waals surface area contributed by atoms with Gasteiger partial charge in [0.05, 0.1) is 17.2 Å². The molecule has 1 amide bonds. The highest BCUT2D eigenvalue weighted by atomic mass is 32.2. The Kier molecular flexibility index (Phi) is 5.18. The minimum atomic E-state index is -3.66. The lowest BCUT2D eigenvalue weighted by Gasteiger charge is -2.31. The highest BCUT2D eigenvalue weighted by molar-refractivity contribution is 7.92. The molecule has 6 nitrogen and oxygen atoms in total. The van der Waals surface area contributed by atoms with Crippen LogP contribution < -0.4 is 9.62 Å². The smallest absolute Gasteiger partial charge is 0.411 e. The molecule has 1 aliphatic heterocycles. The van der Waals surface area contributed by atoms with E-state index in [1.807, 2.05) is 13.0 Å². The number of anilines is 2. The topological polar surface area (TPSA) is 75.7 Å². The van der Waals surface area contributed by atoms with Crippen LogP contribution in [-0.4, -0.2) is 27.7 Å². The third kappa shape index (κ3) is 3.67. The van der Waals surface area contributed by atoms with E-state index in [0.717, 1.165) is 24.0 Å². The standard InChI is InChI=1S/C19H22N2O4S/c1-3-25-19(22)20-16-9-8-15-5-4-12-21(18(15)13-16)26(23,24)17-10-6-14(2)7-11-17/h6-11,13H,3-5,12H2,1-2H3,(H,20,22). The van der Waals surface area contributed by atoms with Crippen molar-refractivity contribution < 1.29 is 17.9 Å². The molecule has 7 heteroatoms. The third-order valence-corrected chi connectivity index (χ3v) is 6.12. The molecule has 1 aliphatic rings. The fraction of sp³-hybridized carbons (Fsp3) is 0.316. The van der Waals surface area contributed by atoms with Crippen LogP contribution in [0.25, 0.3) is 0 Å². The second-order valence-corrected chi connectivity index (χ2v) is 8.05. The monoisotopic (exact) mass is 374 g/mol. The minimum absolute atomic E-state index is 0.264. The van der Waals surface area contributed by atoms with Crippen LogP contribution >= 0.6 is 0 Å². The van der Waals surface area contributed by atoms with Gasteiger partial charge in [-0.3, -0.25) is 9.62 Å². The van der Waals surface area contributed by atoms with Crippen LogP contribution in [0.5, 0.6) is 0 Å². The summed E-state index contributed by atoms with van der Waals surface area (Å²) in [6, 6.07) is 12.1. The number of fused-ring (bicyclic) bond motifs is 1. The third-order valence-electron chi connectivity index (χ3n) is 4.29. The summed E-state index contributed by atoms with van der Waals surface area (Å²) in [5.41, 5.74) is 3.06. The Hall–Kier alpha value is -2.54. The number of nitrogens with zero attached hydrogens (tertiary/aromatic N) is 1. The highest BCUT2D eigenvalue weighted by Crippen LogP contribution is 2.34. The van der Waals surface area contributed by atoms with Crippen molar-refractivity contribution in [2.45, 2.75) is 31.6 Å². The minimum Gasteiger partial charge on any atom is -0.450 e. The number of benzene rings is 2. The zero-order chi connectivity index (χ0) is 18.7.